The second-order valence-electron chi connectivity index (χ2n) is 6.66. The summed E-state index contributed by atoms with van der Waals surface area (Å²) in [6, 6.07) is 6.33. The van der Waals surface area contributed by atoms with E-state index >= 15 is 0 Å². The van der Waals surface area contributed by atoms with Crippen molar-refractivity contribution in [2.24, 2.45) is 5.92 Å². The second-order valence-corrected chi connectivity index (χ2v) is 7.61. The van der Waals surface area contributed by atoms with Gasteiger partial charge in [-0.05, 0) is 56.1 Å². The molecule has 1 aliphatic heterocycles. The minimum atomic E-state index is -0.249. The molecule has 3 aromatic rings. The average molecular weight is 375 g/mol. The molecule has 0 unspecified atom stereocenters. The van der Waals surface area contributed by atoms with Crippen molar-refractivity contribution in [3.63, 3.8) is 0 Å². The van der Waals surface area contributed by atoms with Crippen LogP contribution in [0.4, 0.5) is 9.52 Å². The van der Waals surface area contributed by atoms with Gasteiger partial charge < -0.3 is 15.3 Å². The topological polar surface area (TPSA) is 65.7 Å². The maximum absolute atomic E-state index is 13.0. The average Bonchev–Trinajstić information content (AvgIpc) is 3.21. The molecular formula is C18H22FN5OS. The standard InChI is InChI=1S/C18H22FN5OS/c19-15-3-1-14(2-4-15)16-12-24-18(21-16)26-17(22-24)20-11-13-5-7-23(8-6-13)9-10-25/h1-4,12-13,25H,5-11H2,(H,20,22). The number of halogens is 1. The number of nitrogens with zero attached hydrogens (tertiary/aromatic N) is 4. The predicted octanol–water partition coefficient (Wildman–Crippen LogP) is 2.71. The zero-order chi connectivity index (χ0) is 17.9. The Balaban J connectivity index is 1.35. The Hall–Kier alpha value is -2.03. The monoisotopic (exact) mass is 375 g/mol. The molecule has 1 aromatic carbocycles. The van der Waals surface area contributed by atoms with Crippen molar-refractivity contribution >= 4 is 21.4 Å². The van der Waals surface area contributed by atoms with Gasteiger partial charge in [0.15, 0.2) is 0 Å². The fourth-order valence-corrected chi connectivity index (χ4v) is 4.11. The SMILES string of the molecule is OCCN1CCC(CNc2nn3cc(-c4ccc(F)cc4)nc3s2)CC1. The molecule has 8 heteroatoms. The number of rotatable bonds is 6. The quantitative estimate of drug-likeness (QED) is 0.694. The predicted molar refractivity (Wildman–Crippen MR) is 101 cm³/mol. The molecule has 0 aliphatic carbocycles. The van der Waals surface area contributed by atoms with E-state index < -0.39 is 0 Å². The zero-order valence-corrected chi connectivity index (χ0v) is 15.3. The number of imidazole rings is 1. The summed E-state index contributed by atoms with van der Waals surface area (Å²) in [4.78, 5) is 7.72. The summed E-state index contributed by atoms with van der Waals surface area (Å²) in [6.07, 6.45) is 4.16. The summed E-state index contributed by atoms with van der Waals surface area (Å²) < 4.78 is 14.8. The fraction of sp³-hybridized carbons (Fsp3) is 0.444. The van der Waals surface area contributed by atoms with Gasteiger partial charge in [-0.2, -0.15) is 0 Å². The number of aliphatic hydroxyl groups is 1. The van der Waals surface area contributed by atoms with E-state index in [0.717, 1.165) is 60.4 Å². The Morgan fingerprint density at radius 2 is 2.00 bits per heavy atom. The van der Waals surface area contributed by atoms with Crippen molar-refractivity contribution in [2.45, 2.75) is 12.8 Å². The second kappa shape index (κ2) is 7.69. The molecule has 1 fully saturated rings. The summed E-state index contributed by atoms with van der Waals surface area (Å²) in [7, 11) is 0. The van der Waals surface area contributed by atoms with Gasteiger partial charge in [-0.3, -0.25) is 0 Å². The van der Waals surface area contributed by atoms with E-state index in [0.29, 0.717) is 5.92 Å². The van der Waals surface area contributed by atoms with Crippen LogP contribution in [0.25, 0.3) is 16.2 Å². The molecule has 0 radical (unpaired) electrons. The number of piperidine rings is 1. The van der Waals surface area contributed by atoms with Crippen molar-refractivity contribution in [1.82, 2.24) is 19.5 Å². The van der Waals surface area contributed by atoms with Crippen molar-refractivity contribution < 1.29 is 9.50 Å². The van der Waals surface area contributed by atoms with Gasteiger partial charge in [-0.1, -0.05) is 11.3 Å². The lowest BCUT2D eigenvalue weighted by molar-refractivity contribution is 0.151. The highest BCUT2D eigenvalue weighted by Crippen LogP contribution is 2.25. The number of hydrogen-bond acceptors (Lipinski definition) is 6. The van der Waals surface area contributed by atoms with E-state index in [9.17, 15) is 4.39 Å². The van der Waals surface area contributed by atoms with Crippen LogP contribution in [-0.4, -0.2) is 57.4 Å². The molecule has 26 heavy (non-hydrogen) atoms. The normalized spacial score (nSPS) is 16.4. The lowest BCUT2D eigenvalue weighted by Gasteiger charge is -2.31. The molecule has 0 bridgehead atoms. The van der Waals surface area contributed by atoms with E-state index in [1.165, 1.54) is 23.5 Å². The molecule has 6 nitrogen and oxygen atoms in total. The van der Waals surface area contributed by atoms with Crippen LogP contribution in [0.15, 0.2) is 30.5 Å². The molecule has 0 amide bonds. The first-order valence-electron chi connectivity index (χ1n) is 8.90. The third-order valence-corrected chi connectivity index (χ3v) is 5.73. The Labute approximate surface area is 155 Å². The van der Waals surface area contributed by atoms with Gasteiger partial charge in [-0.15, -0.1) is 5.10 Å². The van der Waals surface area contributed by atoms with Crippen LogP contribution in [-0.2, 0) is 0 Å². The molecular weight excluding hydrogens is 353 g/mol. The summed E-state index contributed by atoms with van der Waals surface area (Å²) in [5, 5.41) is 17.9. The highest BCUT2D eigenvalue weighted by Gasteiger charge is 2.19. The smallest absolute Gasteiger partial charge is 0.214 e. The van der Waals surface area contributed by atoms with Crippen LogP contribution in [0.5, 0.6) is 0 Å². The summed E-state index contributed by atoms with van der Waals surface area (Å²) in [5.74, 6) is 0.387. The number of nitrogens with one attached hydrogen (secondary N) is 1. The van der Waals surface area contributed by atoms with Gasteiger partial charge in [0.05, 0.1) is 18.5 Å². The molecule has 3 heterocycles. The number of aliphatic hydroxyl groups excluding tert-OH is 1. The fourth-order valence-electron chi connectivity index (χ4n) is 3.32. The lowest BCUT2D eigenvalue weighted by Crippen LogP contribution is -2.37. The van der Waals surface area contributed by atoms with E-state index in [-0.39, 0.29) is 12.4 Å². The molecule has 1 saturated heterocycles. The largest absolute Gasteiger partial charge is 0.395 e. The Kier molecular flexibility index (Phi) is 5.14. The molecule has 0 saturated carbocycles. The minimum absolute atomic E-state index is 0.238. The molecule has 0 atom stereocenters. The number of benzene rings is 1. The van der Waals surface area contributed by atoms with Crippen LogP contribution in [0, 0.1) is 11.7 Å². The maximum atomic E-state index is 13.0. The lowest BCUT2D eigenvalue weighted by atomic mass is 9.97. The van der Waals surface area contributed by atoms with Gasteiger partial charge in [-0.25, -0.2) is 13.9 Å². The van der Waals surface area contributed by atoms with Crippen LogP contribution in [0.3, 0.4) is 0 Å². The number of anilines is 1. The van der Waals surface area contributed by atoms with Crippen LogP contribution in [0.2, 0.25) is 0 Å². The number of β-amino-alcohol motifs (C(OH)–C–C–N with tert-alkyl or cyclic N) is 1. The summed E-state index contributed by atoms with van der Waals surface area (Å²) in [6.45, 7) is 4.03. The summed E-state index contributed by atoms with van der Waals surface area (Å²) in [5.41, 5.74) is 1.68. The van der Waals surface area contributed by atoms with Gasteiger partial charge in [0.1, 0.15) is 5.82 Å². The Morgan fingerprint density at radius 3 is 2.69 bits per heavy atom. The third kappa shape index (κ3) is 3.87. The molecule has 0 spiro atoms. The first kappa shape index (κ1) is 17.4. The molecule has 4 rings (SSSR count). The highest BCUT2D eigenvalue weighted by molar-refractivity contribution is 7.20. The number of likely N-dealkylation sites (tertiary alicyclic amines) is 1. The molecule has 138 valence electrons. The number of fused-ring (bicyclic) bond motifs is 1. The van der Waals surface area contributed by atoms with Crippen LogP contribution < -0.4 is 5.32 Å². The van der Waals surface area contributed by atoms with E-state index in [2.05, 4.69) is 20.3 Å². The third-order valence-electron chi connectivity index (χ3n) is 4.85. The van der Waals surface area contributed by atoms with Crippen LogP contribution in [0.1, 0.15) is 12.8 Å². The number of aromatic nitrogens is 3. The van der Waals surface area contributed by atoms with Crippen molar-refractivity contribution in [2.75, 3.05) is 38.1 Å². The van der Waals surface area contributed by atoms with Crippen molar-refractivity contribution in [1.29, 1.82) is 0 Å². The van der Waals surface area contributed by atoms with Gasteiger partial charge in [0.2, 0.25) is 10.1 Å². The molecule has 1 aliphatic rings. The first-order valence-corrected chi connectivity index (χ1v) is 9.72. The Bertz CT molecular complexity index is 823. The van der Waals surface area contributed by atoms with E-state index in [4.69, 9.17) is 5.11 Å². The first-order chi connectivity index (χ1) is 12.7. The Morgan fingerprint density at radius 1 is 1.23 bits per heavy atom. The molecule has 2 N–H and O–H groups in total. The van der Waals surface area contributed by atoms with Crippen LogP contribution >= 0.6 is 11.3 Å². The van der Waals surface area contributed by atoms with Gasteiger partial charge >= 0.3 is 0 Å². The number of hydrogen-bond donors (Lipinski definition) is 2. The van der Waals surface area contributed by atoms with Gasteiger partial charge in [0, 0.05) is 18.7 Å². The van der Waals surface area contributed by atoms with E-state index in [1.807, 2.05) is 6.20 Å². The minimum Gasteiger partial charge on any atom is -0.395 e. The van der Waals surface area contributed by atoms with Crippen molar-refractivity contribution in [3.05, 3.63) is 36.3 Å². The van der Waals surface area contributed by atoms with Gasteiger partial charge in [0.25, 0.3) is 0 Å². The van der Waals surface area contributed by atoms with E-state index in [1.54, 1.807) is 16.6 Å². The molecule has 2 aromatic heterocycles. The summed E-state index contributed by atoms with van der Waals surface area (Å²) >= 11 is 1.53. The highest BCUT2D eigenvalue weighted by atomic mass is 32.1. The zero-order valence-electron chi connectivity index (χ0n) is 14.4. The maximum Gasteiger partial charge on any atom is 0.214 e. The van der Waals surface area contributed by atoms with Crippen molar-refractivity contribution in [3.8, 4) is 11.3 Å².